The molecule has 0 aromatic carbocycles. The Balaban J connectivity index is 1.51. The van der Waals surface area contributed by atoms with E-state index >= 15 is 0 Å². The van der Waals surface area contributed by atoms with E-state index < -0.39 is 0 Å². The van der Waals surface area contributed by atoms with Crippen LogP contribution in [0.5, 0.6) is 0 Å². The van der Waals surface area contributed by atoms with Crippen LogP contribution in [0.3, 0.4) is 0 Å². The van der Waals surface area contributed by atoms with Crippen molar-refractivity contribution < 1.29 is 9.59 Å². The fourth-order valence-electron chi connectivity index (χ4n) is 3.14. The fourth-order valence-corrected chi connectivity index (χ4v) is 3.14. The van der Waals surface area contributed by atoms with Crippen LogP contribution in [0.4, 0.5) is 0 Å². The molecule has 1 aromatic heterocycles. The third kappa shape index (κ3) is 3.43. The molecule has 0 bridgehead atoms. The van der Waals surface area contributed by atoms with Crippen molar-refractivity contribution >= 4 is 11.8 Å². The summed E-state index contributed by atoms with van der Waals surface area (Å²) in [4.78, 5) is 30.0. The van der Waals surface area contributed by atoms with E-state index in [1.54, 1.807) is 11.1 Å². The number of nitrogens with zero attached hydrogens (tertiary/aromatic N) is 3. The Labute approximate surface area is 124 Å². The van der Waals surface area contributed by atoms with Crippen molar-refractivity contribution in [3.63, 3.8) is 0 Å². The Morgan fingerprint density at radius 1 is 1.33 bits per heavy atom. The standard InChI is InChI=1S/C15H22N4O2/c20-14(11-19-8-3-1-2-4-15(19)21)17-12-5-6-13-16-7-9-18(13)10-12/h7,9,12H,1-6,8,10-11H2,(H,17,20). The molecule has 6 heteroatoms. The number of carbonyl (C=O) groups excluding carboxylic acids is 2. The number of aromatic nitrogens is 2. The minimum atomic E-state index is -0.0428. The Bertz CT molecular complexity index is 525. The molecule has 21 heavy (non-hydrogen) atoms. The van der Waals surface area contributed by atoms with Gasteiger partial charge in [-0.2, -0.15) is 0 Å². The zero-order chi connectivity index (χ0) is 14.7. The van der Waals surface area contributed by atoms with Crippen molar-refractivity contribution in [2.24, 2.45) is 0 Å². The molecule has 6 nitrogen and oxygen atoms in total. The molecule has 3 heterocycles. The van der Waals surface area contributed by atoms with Crippen molar-refractivity contribution in [2.75, 3.05) is 13.1 Å². The van der Waals surface area contributed by atoms with Gasteiger partial charge in [0, 0.05) is 44.4 Å². The first-order chi connectivity index (χ1) is 10.2. The third-order valence-electron chi connectivity index (χ3n) is 4.31. The van der Waals surface area contributed by atoms with Crippen molar-refractivity contribution in [2.45, 2.75) is 51.1 Å². The highest BCUT2D eigenvalue weighted by molar-refractivity contribution is 5.85. The lowest BCUT2D eigenvalue weighted by molar-refractivity contribution is -0.135. The first-order valence-electron chi connectivity index (χ1n) is 7.79. The van der Waals surface area contributed by atoms with Crippen LogP contribution in [0.1, 0.15) is 37.9 Å². The van der Waals surface area contributed by atoms with Gasteiger partial charge in [-0.1, -0.05) is 6.42 Å². The number of rotatable bonds is 3. The van der Waals surface area contributed by atoms with Crippen molar-refractivity contribution in [1.82, 2.24) is 19.8 Å². The molecule has 2 amide bonds. The molecule has 0 saturated carbocycles. The zero-order valence-corrected chi connectivity index (χ0v) is 12.3. The maximum atomic E-state index is 12.2. The highest BCUT2D eigenvalue weighted by Crippen LogP contribution is 2.14. The lowest BCUT2D eigenvalue weighted by Gasteiger charge is -2.26. The molecule has 2 aliphatic rings. The Morgan fingerprint density at radius 3 is 3.14 bits per heavy atom. The molecule has 1 N–H and O–H groups in total. The summed E-state index contributed by atoms with van der Waals surface area (Å²) in [5, 5.41) is 3.06. The van der Waals surface area contributed by atoms with Crippen LogP contribution in [0.25, 0.3) is 0 Å². The van der Waals surface area contributed by atoms with E-state index in [0.717, 1.165) is 44.5 Å². The van der Waals surface area contributed by atoms with E-state index in [2.05, 4.69) is 14.9 Å². The van der Waals surface area contributed by atoms with Gasteiger partial charge in [-0.15, -0.1) is 0 Å². The molecule has 1 fully saturated rings. The normalized spacial score (nSPS) is 22.6. The van der Waals surface area contributed by atoms with E-state index in [9.17, 15) is 9.59 Å². The highest BCUT2D eigenvalue weighted by atomic mass is 16.2. The van der Waals surface area contributed by atoms with Gasteiger partial charge in [0.25, 0.3) is 0 Å². The monoisotopic (exact) mass is 290 g/mol. The molecule has 1 aromatic rings. The van der Waals surface area contributed by atoms with Gasteiger partial charge in [-0.05, 0) is 19.3 Å². The number of amides is 2. The molecule has 0 spiro atoms. The maximum Gasteiger partial charge on any atom is 0.239 e. The number of nitrogens with one attached hydrogen (secondary N) is 1. The van der Waals surface area contributed by atoms with Crippen LogP contribution in [0, 0.1) is 0 Å². The predicted molar refractivity (Wildman–Crippen MR) is 77.5 cm³/mol. The van der Waals surface area contributed by atoms with E-state index in [4.69, 9.17) is 0 Å². The minimum absolute atomic E-state index is 0.0428. The van der Waals surface area contributed by atoms with Crippen molar-refractivity contribution in [3.05, 3.63) is 18.2 Å². The zero-order valence-electron chi connectivity index (χ0n) is 12.3. The fraction of sp³-hybridized carbons (Fsp3) is 0.667. The molecule has 3 rings (SSSR count). The Kier molecular flexibility index (Phi) is 4.22. The quantitative estimate of drug-likeness (QED) is 0.892. The van der Waals surface area contributed by atoms with Gasteiger partial charge < -0.3 is 14.8 Å². The molecular weight excluding hydrogens is 268 g/mol. The molecule has 1 saturated heterocycles. The number of aryl methyl sites for hydroxylation is 1. The predicted octanol–water partition coefficient (Wildman–Crippen LogP) is 0.717. The number of imidazole rings is 1. The van der Waals surface area contributed by atoms with Gasteiger partial charge in [0.1, 0.15) is 5.82 Å². The molecule has 0 radical (unpaired) electrons. The Morgan fingerprint density at radius 2 is 2.24 bits per heavy atom. The van der Waals surface area contributed by atoms with E-state index in [1.807, 2.05) is 6.20 Å². The van der Waals surface area contributed by atoms with Crippen molar-refractivity contribution in [3.8, 4) is 0 Å². The highest BCUT2D eigenvalue weighted by Gasteiger charge is 2.23. The average molecular weight is 290 g/mol. The first-order valence-corrected chi connectivity index (χ1v) is 7.79. The molecular formula is C15H22N4O2. The molecule has 2 aliphatic heterocycles. The van der Waals surface area contributed by atoms with E-state index in [0.29, 0.717) is 13.0 Å². The largest absolute Gasteiger partial charge is 0.350 e. The van der Waals surface area contributed by atoms with Crippen LogP contribution in [0.15, 0.2) is 12.4 Å². The number of fused-ring (bicyclic) bond motifs is 1. The second-order valence-electron chi connectivity index (χ2n) is 5.92. The van der Waals surface area contributed by atoms with Crippen LogP contribution < -0.4 is 5.32 Å². The maximum absolute atomic E-state index is 12.2. The van der Waals surface area contributed by atoms with Crippen LogP contribution in [-0.2, 0) is 22.6 Å². The van der Waals surface area contributed by atoms with Crippen LogP contribution in [-0.4, -0.2) is 45.4 Å². The molecule has 1 atom stereocenters. The topological polar surface area (TPSA) is 67.2 Å². The van der Waals surface area contributed by atoms with E-state index in [1.165, 1.54) is 0 Å². The summed E-state index contributed by atoms with van der Waals surface area (Å²) in [7, 11) is 0. The molecule has 1 unspecified atom stereocenters. The van der Waals surface area contributed by atoms with Gasteiger partial charge >= 0.3 is 0 Å². The summed E-state index contributed by atoms with van der Waals surface area (Å²) in [5.41, 5.74) is 0. The summed E-state index contributed by atoms with van der Waals surface area (Å²) in [6, 6.07) is 0.140. The number of hydrogen-bond donors (Lipinski definition) is 1. The van der Waals surface area contributed by atoms with Crippen molar-refractivity contribution in [1.29, 1.82) is 0 Å². The van der Waals surface area contributed by atoms with Gasteiger partial charge in [0.2, 0.25) is 11.8 Å². The third-order valence-corrected chi connectivity index (χ3v) is 4.31. The van der Waals surface area contributed by atoms with Crippen LogP contribution >= 0.6 is 0 Å². The number of carbonyl (C=O) groups is 2. The first kappa shape index (κ1) is 14.1. The van der Waals surface area contributed by atoms with Gasteiger partial charge in [0.15, 0.2) is 0 Å². The van der Waals surface area contributed by atoms with Crippen LogP contribution in [0.2, 0.25) is 0 Å². The second-order valence-corrected chi connectivity index (χ2v) is 5.92. The summed E-state index contributed by atoms with van der Waals surface area (Å²) >= 11 is 0. The summed E-state index contributed by atoms with van der Waals surface area (Å²) < 4.78 is 2.09. The van der Waals surface area contributed by atoms with Gasteiger partial charge in [-0.3, -0.25) is 9.59 Å². The summed E-state index contributed by atoms with van der Waals surface area (Å²) in [5.74, 6) is 1.16. The number of likely N-dealkylation sites (tertiary alicyclic amines) is 1. The van der Waals surface area contributed by atoms with Gasteiger partial charge in [0.05, 0.1) is 6.54 Å². The summed E-state index contributed by atoms with van der Waals surface area (Å²) in [6.07, 6.45) is 9.16. The second kappa shape index (κ2) is 6.28. The van der Waals surface area contributed by atoms with E-state index in [-0.39, 0.29) is 24.4 Å². The minimum Gasteiger partial charge on any atom is -0.350 e. The molecule has 0 aliphatic carbocycles. The lowest BCUT2D eigenvalue weighted by atomic mass is 10.1. The number of hydrogen-bond acceptors (Lipinski definition) is 3. The smallest absolute Gasteiger partial charge is 0.239 e. The lowest BCUT2D eigenvalue weighted by Crippen LogP contribution is -2.46. The Hall–Kier alpha value is -1.85. The average Bonchev–Trinajstić information content (AvgIpc) is 2.84. The summed E-state index contributed by atoms with van der Waals surface area (Å²) in [6.45, 7) is 1.68. The van der Waals surface area contributed by atoms with Gasteiger partial charge in [-0.25, -0.2) is 4.98 Å². The molecule has 114 valence electrons. The SMILES string of the molecule is O=C(CN1CCCCCC1=O)NC1CCc2nccn2C1.